The summed E-state index contributed by atoms with van der Waals surface area (Å²) in [5.41, 5.74) is 8.96. The lowest BCUT2D eigenvalue weighted by molar-refractivity contribution is 0.849. The molecule has 0 atom stereocenters. The van der Waals surface area contributed by atoms with Crippen molar-refractivity contribution in [3.05, 3.63) is 60.4 Å². The molecule has 5 heteroatoms. The second kappa shape index (κ2) is 7.28. The molecule has 110 valence electrons. The Morgan fingerprint density at radius 2 is 2.14 bits per heavy atom. The monoisotopic (exact) mass is 283 g/mol. The van der Waals surface area contributed by atoms with Crippen molar-refractivity contribution in [2.75, 3.05) is 13.1 Å². The first-order valence-electron chi connectivity index (χ1n) is 6.92. The summed E-state index contributed by atoms with van der Waals surface area (Å²) in [6, 6.07) is 10.0. The van der Waals surface area contributed by atoms with E-state index in [4.69, 9.17) is 5.73 Å². The van der Waals surface area contributed by atoms with E-state index in [-0.39, 0.29) is 0 Å². The van der Waals surface area contributed by atoms with Gasteiger partial charge in [-0.15, -0.1) is 0 Å². The van der Waals surface area contributed by atoms with Crippen LogP contribution < -0.4 is 11.1 Å². The highest BCUT2D eigenvalue weighted by Gasteiger charge is 2.00. The van der Waals surface area contributed by atoms with Gasteiger partial charge in [-0.25, -0.2) is 9.67 Å². The normalized spacial score (nSPS) is 11.4. The van der Waals surface area contributed by atoms with Gasteiger partial charge in [0.2, 0.25) is 0 Å². The van der Waals surface area contributed by atoms with Crippen LogP contribution in [0.3, 0.4) is 0 Å². The zero-order chi connectivity index (χ0) is 15.1. The number of nitrogens with one attached hydrogen (secondary N) is 1. The summed E-state index contributed by atoms with van der Waals surface area (Å²) in [5, 5.41) is 7.44. The quantitative estimate of drug-likeness (QED) is 0.483. The Labute approximate surface area is 125 Å². The standard InChI is InChI=1S/C16H21N5/c1-13(2)10-19-16(17)18-9-8-14-11-20-21(12-14)15-6-4-3-5-7-15/h3-7,11-12H,1,8-10H2,2H3,(H3,17,18,19). The Morgan fingerprint density at radius 1 is 1.38 bits per heavy atom. The van der Waals surface area contributed by atoms with Crippen LogP contribution in [-0.2, 0) is 6.42 Å². The summed E-state index contributed by atoms with van der Waals surface area (Å²) in [4.78, 5) is 4.17. The van der Waals surface area contributed by atoms with E-state index in [1.54, 1.807) is 0 Å². The molecule has 3 N–H and O–H groups in total. The summed E-state index contributed by atoms with van der Waals surface area (Å²) in [6.07, 6.45) is 4.74. The summed E-state index contributed by atoms with van der Waals surface area (Å²) >= 11 is 0. The van der Waals surface area contributed by atoms with Gasteiger partial charge in [-0.2, -0.15) is 5.10 Å². The lowest BCUT2D eigenvalue weighted by atomic mass is 10.2. The molecule has 0 aliphatic rings. The molecular formula is C16H21N5. The van der Waals surface area contributed by atoms with Crippen LogP contribution in [0.2, 0.25) is 0 Å². The Bertz CT molecular complexity index is 613. The lowest BCUT2D eigenvalue weighted by Crippen LogP contribution is -2.33. The van der Waals surface area contributed by atoms with Crippen molar-refractivity contribution in [1.29, 1.82) is 0 Å². The first kappa shape index (κ1) is 14.8. The van der Waals surface area contributed by atoms with Crippen LogP contribution in [-0.4, -0.2) is 28.8 Å². The van der Waals surface area contributed by atoms with Gasteiger partial charge in [0.1, 0.15) is 0 Å². The minimum atomic E-state index is 0.452. The first-order valence-corrected chi connectivity index (χ1v) is 6.92. The van der Waals surface area contributed by atoms with Gasteiger partial charge in [0.15, 0.2) is 5.96 Å². The number of rotatable bonds is 6. The molecule has 2 aromatic rings. The molecule has 0 aliphatic heterocycles. The Morgan fingerprint density at radius 3 is 2.86 bits per heavy atom. The van der Waals surface area contributed by atoms with E-state index in [9.17, 15) is 0 Å². The number of para-hydroxylation sites is 1. The second-order valence-electron chi connectivity index (χ2n) is 4.96. The molecule has 0 radical (unpaired) electrons. The van der Waals surface area contributed by atoms with Crippen LogP contribution >= 0.6 is 0 Å². The molecule has 5 nitrogen and oxygen atoms in total. The number of aromatic nitrogens is 2. The molecule has 2 rings (SSSR count). The van der Waals surface area contributed by atoms with Crippen molar-refractivity contribution in [3.63, 3.8) is 0 Å². The smallest absolute Gasteiger partial charge is 0.188 e. The first-order chi connectivity index (χ1) is 10.1. The highest BCUT2D eigenvalue weighted by Crippen LogP contribution is 2.07. The SMILES string of the molecule is C=C(C)CN=C(N)NCCc1cnn(-c2ccccc2)c1. The van der Waals surface area contributed by atoms with Crippen molar-refractivity contribution in [3.8, 4) is 5.69 Å². The minimum absolute atomic E-state index is 0.452. The second-order valence-corrected chi connectivity index (χ2v) is 4.96. The number of aliphatic imine (C=N–C) groups is 1. The van der Waals surface area contributed by atoms with E-state index >= 15 is 0 Å². The highest BCUT2D eigenvalue weighted by molar-refractivity contribution is 5.77. The maximum atomic E-state index is 5.76. The van der Waals surface area contributed by atoms with Gasteiger partial charge in [0.25, 0.3) is 0 Å². The molecule has 0 saturated heterocycles. The molecule has 0 unspecified atom stereocenters. The number of benzene rings is 1. The van der Waals surface area contributed by atoms with Crippen LogP contribution in [0, 0.1) is 0 Å². The number of nitrogens with two attached hydrogens (primary N) is 1. The van der Waals surface area contributed by atoms with Crippen LogP contribution in [0.25, 0.3) is 5.69 Å². The zero-order valence-electron chi connectivity index (χ0n) is 12.3. The van der Waals surface area contributed by atoms with E-state index in [0.29, 0.717) is 12.5 Å². The Balaban J connectivity index is 1.84. The maximum absolute atomic E-state index is 5.76. The molecule has 1 heterocycles. The van der Waals surface area contributed by atoms with E-state index < -0.39 is 0 Å². The molecule has 0 spiro atoms. The lowest BCUT2D eigenvalue weighted by Gasteiger charge is -2.04. The number of guanidine groups is 1. The average Bonchev–Trinajstić information content (AvgIpc) is 2.95. The van der Waals surface area contributed by atoms with Gasteiger partial charge in [-0.3, -0.25) is 0 Å². The van der Waals surface area contributed by atoms with Crippen molar-refractivity contribution in [2.24, 2.45) is 10.7 Å². The molecule has 0 fully saturated rings. The predicted molar refractivity (Wildman–Crippen MR) is 86.6 cm³/mol. The van der Waals surface area contributed by atoms with Gasteiger partial charge in [0.05, 0.1) is 18.4 Å². The van der Waals surface area contributed by atoms with E-state index in [2.05, 4.69) is 22.0 Å². The van der Waals surface area contributed by atoms with Crippen molar-refractivity contribution < 1.29 is 0 Å². The van der Waals surface area contributed by atoms with Crippen LogP contribution in [0.5, 0.6) is 0 Å². The van der Waals surface area contributed by atoms with Crippen molar-refractivity contribution in [1.82, 2.24) is 15.1 Å². The van der Waals surface area contributed by atoms with Crippen LogP contribution in [0.1, 0.15) is 12.5 Å². The topological polar surface area (TPSA) is 68.2 Å². The fourth-order valence-electron chi connectivity index (χ4n) is 1.82. The maximum Gasteiger partial charge on any atom is 0.188 e. The van der Waals surface area contributed by atoms with Gasteiger partial charge in [-0.1, -0.05) is 30.4 Å². The highest BCUT2D eigenvalue weighted by atomic mass is 15.3. The summed E-state index contributed by atoms with van der Waals surface area (Å²) in [5.74, 6) is 0.452. The van der Waals surface area contributed by atoms with Crippen LogP contribution in [0.15, 0.2) is 59.9 Å². The zero-order valence-corrected chi connectivity index (χ0v) is 12.3. The van der Waals surface area contributed by atoms with Gasteiger partial charge >= 0.3 is 0 Å². The fraction of sp³-hybridized carbons (Fsp3) is 0.250. The van der Waals surface area contributed by atoms with E-state index in [1.165, 1.54) is 0 Å². The summed E-state index contributed by atoms with van der Waals surface area (Å²) < 4.78 is 1.87. The van der Waals surface area contributed by atoms with Gasteiger partial charge in [0, 0.05) is 12.7 Å². The van der Waals surface area contributed by atoms with Crippen molar-refractivity contribution in [2.45, 2.75) is 13.3 Å². The van der Waals surface area contributed by atoms with Crippen molar-refractivity contribution >= 4 is 5.96 Å². The molecule has 1 aromatic carbocycles. The molecule has 0 saturated carbocycles. The number of nitrogens with zero attached hydrogens (tertiary/aromatic N) is 3. The number of hydrogen-bond acceptors (Lipinski definition) is 2. The fourth-order valence-corrected chi connectivity index (χ4v) is 1.82. The van der Waals surface area contributed by atoms with E-state index in [1.807, 2.05) is 54.3 Å². The molecule has 21 heavy (non-hydrogen) atoms. The Hall–Kier alpha value is -2.56. The summed E-state index contributed by atoms with van der Waals surface area (Å²) in [7, 11) is 0. The largest absolute Gasteiger partial charge is 0.370 e. The molecule has 0 amide bonds. The summed E-state index contributed by atoms with van der Waals surface area (Å²) in [6.45, 7) is 7.00. The third kappa shape index (κ3) is 4.80. The third-order valence-electron chi connectivity index (χ3n) is 2.90. The predicted octanol–water partition coefficient (Wildman–Crippen LogP) is 1.90. The number of hydrogen-bond donors (Lipinski definition) is 2. The van der Waals surface area contributed by atoms with Crippen LogP contribution in [0.4, 0.5) is 0 Å². The molecule has 1 aromatic heterocycles. The molecule has 0 aliphatic carbocycles. The molecule has 0 bridgehead atoms. The van der Waals surface area contributed by atoms with E-state index in [0.717, 1.165) is 29.8 Å². The minimum Gasteiger partial charge on any atom is -0.370 e. The average molecular weight is 283 g/mol. The Kier molecular flexibility index (Phi) is 5.15. The third-order valence-corrected chi connectivity index (χ3v) is 2.90. The van der Waals surface area contributed by atoms with Gasteiger partial charge in [-0.05, 0) is 31.0 Å². The molecular weight excluding hydrogens is 262 g/mol. The van der Waals surface area contributed by atoms with Gasteiger partial charge < -0.3 is 11.1 Å².